The van der Waals surface area contributed by atoms with Gasteiger partial charge in [-0.1, -0.05) is 13.0 Å². The molecule has 100 valence electrons. The van der Waals surface area contributed by atoms with Gasteiger partial charge in [-0.05, 0) is 6.54 Å². The summed E-state index contributed by atoms with van der Waals surface area (Å²) in [6.45, 7) is 10.8. The van der Waals surface area contributed by atoms with Gasteiger partial charge >= 0.3 is 0 Å². The second kappa shape index (κ2) is 5.63. The molecule has 1 atom stereocenters. The quantitative estimate of drug-likeness (QED) is 0.518. The molecule has 0 aromatic heterocycles. The first-order valence-electron chi connectivity index (χ1n) is 6.59. The minimum atomic E-state index is -0.239. The van der Waals surface area contributed by atoms with Crippen LogP contribution in [-0.4, -0.2) is 71.8 Å². The maximum absolute atomic E-state index is 12.2. The maximum Gasteiger partial charge on any atom is 0.247 e. The van der Waals surface area contributed by atoms with Crippen molar-refractivity contribution in [3.8, 4) is 0 Å². The van der Waals surface area contributed by atoms with Gasteiger partial charge in [-0.3, -0.25) is 19.4 Å². The van der Waals surface area contributed by atoms with E-state index in [2.05, 4.69) is 23.3 Å². The Hall–Kier alpha value is -1.20. The normalized spacial score (nSPS) is 26.9. The molecule has 0 aromatic carbocycles. The molecule has 2 aliphatic rings. The lowest BCUT2D eigenvalue weighted by Gasteiger charge is -2.36. The maximum atomic E-state index is 12.2. The number of nitrogens with zero attached hydrogens (tertiary/aromatic N) is 3. The summed E-state index contributed by atoms with van der Waals surface area (Å²) in [4.78, 5) is 29.8. The van der Waals surface area contributed by atoms with Crippen molar-refractivity contribution >= 4 is 11.8 Å². The highest BCUT2D eigenvalue weighted by molar-refractivity contribution is 6.05. The Morgan fingerprint density at radius 1 is 1.28 bits per heavy atom. The zero-order valence-electron chi connectivity index (χ0n) is 11.0. The molecule has 0 N–H and O–H groups in total. The van der Waals surface area contributed by atoms with Gasteiger partial charge in [0, 0.05) is 32.7 Å². The van der Waals surface area contributed by atoms with Crippen molar-refractivity contribution in [1.29, 1.82) is 0 Å². The fourth-order valence-electron chi connectivity index (χ4n) is 2.66. The second-order valence-electron chi connectivity index (χ2n) is 4.82. The minimum Gasteiger partial charge on any atom is -0.301 e. The standard InChI is InChI=1S/C13H21N3O2/c1-3-5-16-12(17)10-11(13(16)18)15-8-6-14(4-2)7-9-15/h3,11H,1,4-10H2,2H3/t11-/m1/s1. The van der Waals surface area contributed by atoms with Crippen molar-refractivity contribution in [2.75, 3.05) is 39.3 Å². The molecule has 0 spiro atoms. The molecule has 2 aliphatic heterocycles. The first-order chi connectivity index (χ1) is 8.67. The summed E-state index contributed by atoms with van der Waals surface area (Å²) in [5.41, 5.74) is 0. The highest BCUT2D eigenvalue weighted by atomic mass is 16.2. The predicted molar refractivity (Wildman–Crippen MR) is 69.0 cm³/mol. The molecule has 0 radical (unpaired) electrons. The Kier molecular flexibility index (Phi) is 4.14. The highest BCUT2D eigenvalue weighted by Gasteiger charge is 2.41. The molecular weight excluding hydrogens is 230 g/mol. The second-order valence-corrected chi connectivity index (χ2v) is 4.82. The van der Waals surface area contributed by atoms with Crippen molar-refractivity contribution in [2.24, 2.45) is 0 Å². The SMILES string of the molecule is C=CCN1C(=O)C[C@@H](N2CCN(CC)CC2)C1=O. The molecule has 0 aliphatic carbocycles. The topological polar surface area (TPSA) is 43.9 Å². The Balaban J connectivity index is 1.96. The monoisotopic (exact) mass is 251 g/mol. The van der Waals surface area contributed by atoms with Crippen LogP contribution in [0.4, 0.5) is 0 Å². The van der Waals surface area contributed by atoms with Gasteiger partial charge in [0.25, 0.3) is 0 Å². The number of carbonyl (C=O) groups excluding carboxylic acids is 2. The largest absolute Gasteiger partial charge is 0.301 e. The third-order valence-electron chi connectivity index (χ3n) is 3.83. The van der Waals surface area contributed by atoms with Gasteiger partial charge in [-0.25, -0.2) is 0 Å². The third-order valence-corrected chi connectivity index (χ3v) is 3.83. The van der Waals surface area contributed by atoms with Crippen LogP contribution < -0.4 is 0 Å². The molecule has 2 fully saturated rings. The van der Waals surface area contributed by atoms with E-state index < -0.39 is 0 Å². The summed E-state index contributed by atoms with van der Waals surface area (Å²) in [5.74, 6) is -0.118. The number of hydrogen-bond acceptors (Lipinski definition) is 4. The van der Waals surface area contributed by atoms with Gasteiger partial charge in [-0.15, -0.1) is 6.58 Å². The van der Waals surface area contributed by atoms with Crippen LogP contribution in [0.2, 0.25) is 0 Å². The van der Waals surface area contributed by atoms with E-state index in [0.717, 1.165) is 32.7 Å². The molecule has 0 saturated carbocycles. The van der Waals surface area contributed by atoms with Crippen molar-refractivity contribution < 1.29 is 9.59 Å². The molecule has 5 nitrogen and oxygen atoms in total. The van der Waals surface area contributed by atoms with E-state index in [9.17, 15) is 9.59 Å². The van der Waals surface area contributed by atoms with Gasteiger partial charge in [0.1, 0.15) is 0 Å². The van der Waals surface area contributed by atoms with E-state index in [0.29, 0.717) is 13.0 Å². The van der Waals surface area contributed by atoms with Crippen LogP contribution in [0.3, 0.4) is 0 Å². The molecule has 0 unspecified atom stereocenters. The first kappa shape index (κ1) is 13.2. The van der Waals surface area contributed by atoms with Crippen LogP contribution >= 0.6 is 0 Å². The number of amides is 2. The summed E-state index contributed by atoms with van der Waals surface area (Å²) >= 11 is 0. The van der Waals surface area contributed by atoms with Crippen LogP contribution in [0.1, 0.15) is 13.3 Å². The zero-order valence-corrected chi connectivity index (χ0v) is 11.0. The number of carbonyl (C=O) groups is 2. The van der Waals surface area contributed by atoms with E-state index in [1.165, 1.54) is 4.90 Å². The van der Waals surface area contributed by atoms with Gasteiger partial charge in [0.2, 0.25) is 11.8 Å². The molecule has 2 rings (SSSR count). The molecule has 0 aromatic rings. The van der Waals surface area contributed by atoms with E-state index in [1.807, 2.05) is 0 Å². The van der Waals surface area contributed by atoms with E-state index >= 15 is 0 Å². The fraction of sp³-hybridized carbons (Fsp3) is 0.692. The summed E-state index contributed by atoms with van der Waals surface area (Å²) in [7, 11) is 0. The van der Waals surface area contributed by atoms with E-state index in [-0.39, 0.29) is 17.9 Å². The lowest BCUT2D eigenvalue weighted by Crippen LogP contribution is -2.52. The average molecular weight is 251 g/mol. The number of rotatable bonds is 4. The van der Waals surface area contributed by atoms with Crippen LogP contribution in [0.5, 0.6) is 0 Å². The van der Waals surface area contributed by atoms with Crippen LogP contribution in [0, 0.1) is 0 Å². The molecule has 5 heteroatoms. The fourth-order valence-corrected chi connectivity index (χ4v) is 2.66. The van der Waals surface area contributed by atoms with Gasteiger partial charge in [-0.2, -0.15) is 0 Å². The lowest BCUT2D eigenvalue weighted by molar-refractivity contribution is -0.139. The Morgan fingerprint density at radius 2 is 1.94 bits per heavy atom. The molecule has 2 heterocycles. The predicted octanol–water partition coefficient (Wildman–Crippen LogP) is -0.0626. The molecule has 2 amide bonds. The van der Waals surface area contributed by atoms with Crippen molar-refractivity contribution in [1.82, 2.24) is 14.7 Å². The van der Waals surface area contributed by atoms with Crippen LogP contribution in [0.15, 0.2) is 12.7 Å². The number of imide groups is 1. The van der Waals surface area contributed by atoms with E-state index in [1.54, 1.807) is 6.08 Å². The first-order valence-corrected chi connectivity index (χ1v) is 6.59. The van der Waals surface area contributed by atoms with Crippen molar-refractivity contribution in [3.63, 3.8) is 0 Å². The highest BCUT2D eigenvalue weighted by Crippen LogP contribution is 2.20. The number of hydrogen-bond donors (Lipinski definition) is 0. The van der Waals surface area contributed by atoms with Gasteiger partial charge < -0.3 is 4.90 Å². The average Bonchev–Trinajstić information content (AvgIpc) is 2.67. The molecular formula is C13H21N3O2. The van der Waals surface area contributed by atoms with Crippen molar-refractivity contribution in [3.05, 3.63) is 12.7 Å². The smallest absolute Gasteiger partial charge is 0.247 e. The summed E-state index contributed by atoms with van der Waals surface area (Å²) < 4.78 is 0. The summed E-state index contributed by atoms with van der Waals surface area (Å²) in [6, 6.07) is -0.239. The Morgan fingerprint density at radius 3 is 2.50 bits per heavy atom. The summed E-state index contributed by atoms with van der Waals surface area (Å²) in [5, 5.41) is 0. The van der Waals surface area contributed by atoms with Crippen LogP contribution in [0.25, 0.3) is 0 Å². The molecule has 2 saturated heterocycles. The Labute approximate surface area is 108 Å². The Bertz CT molecular complexity index is 348. The molecule has 18 heavy (non-hydrogen) atoms. The van der Waals surface area contributed by atoms with Crippen molar-refractivity contribution in [2.45, 2.75) is 19.4 Å². The minimum absolute atomic E-state index is 0.0511. The third kappa shape index (κ3) is 2.47. The summed E-state index contributed by atoms with van der Waals surface area (Å²) in [6.07, 6.45) is 1.94. The van der Waals surface area contributed by atoms with Crippen LogP contribution in [-0.2, 0) is 9.59 Å². The number of likely N-dealkylation sites (tertiary alicyclic amines) is 1. The number of likely N-dealkylation sites (N-methyl/N-ethyl adjacent to an activating group) is 1. The van der Waals surface area contributed by atoms with Gasteiger partial charge in [0.15, 0.2) is 0 Å². The number of piperazine rings is 1. The lowest BCUT2D eigenvalue weighted by atomic mass is 10.2. The zero-order chi connectivity index (χ0) is 13.1. The molecule has 0 bridgehead atoms. The van der Waals surface area contributed by atoms with Gasteiger partial charge in [0.05, 0.1) is 12.5 Å². The van der Waals surface area contributed by atoms with E-state index in [4.69, 9.17) is 0 Å².